The molecule has 0 aliphatic rings. The first-order valence-corrected chi connectivity index (χ1v) is 4.55. The summed E-state index contributed by atoms with van der Waals surface area (Å²) in [6, 6.07) is 5.83. The zero-order chi connectivity index (χ0) is 11.3. The van der Waals surface area contributed by atoms with Gasteiger partial charge < -0.3 is 21.3 Å². The summed E-state index contributed by atoms with van der Waals surface area (Å²) in [5, 5.41) is 20.0. The van der Waals surface area contributed by atoms with Gasteiger partial charge in [0.2, 0.25) is 0 Å². The Morgan fingerprint density at radius 3 is 2.60 bits per heavy atom. The monoisotopic (exact) mass is 210 g/mol. The number of hydrogen-bond acceptors (Lipinski definition) is 4. The van der Waals surface area contributed by atoms with Crippen molar-refractivity contribution >= 4 is 11.6 Å². The van der Waals surface area contributed by atoms with E-state index < -0.39 is 6.04 Å². The van der Waals surface area contributed by atoms with E-state index in [9.17, 15) is 4.79 Å². The molecule has 0 unspecified atom stereocenters. The Hall–Kier alpha value is -1.59. The SMILES string of the molecule is Nc1cccc(C(=O)NC(CO)CO)c1. The van der Waals surface area contributed by atoms with Gasteiger partial charge in [-0.25, -0.2) is 0 Å². The molecule has 0 spiro atoms. The molecule has 15 heavy (non-hydrogen) atoms. The lowest BCUT2D eigenvalue weighted by atomic mass is 10.2. The summed E-state index contributed by atoms with van der Waals surface area (Å²) in [6.45, 7) is -0.602. The third-order valence-corrected chi connectivity index (χ3v) is 1.92. The summed E-state index contributed by atoms with van der Waals surface area (Å²) < 4.78 is 0. The minimum Gasteiger partial charge on any atom is -0.399 e. The molecule has 0 saturated heterocycles. The third-order valence-electron chi connectivity index (χ3n) is 1.92. The van der Waals surface area contributed by atoms with Crippen molar-refractivity contribution in [1.82, 2.24) is 5.32 Å². The number of aliphatic hydroxyl groups is 2. The van der Waals surface area contributed by atoms with Crippen LogP contribution in [-0.2, 0) is 0 Å². The average Bonchev–Trinajstić information content (AvgIpc) is 2.25. The molecule has 0 aliphatic carbocycles. The second-order valence-electron chi connectivity index (χ2n) is 3.16. The fourth-order valence-electron chi connectivity index (χ4n) is 1.10. The highest BCUT2D eigenvalue weighted by Gasteiger charge is 2.11. The number of rotatable bonds is 4. The molecule has 0 atom stereocenters. The van der Waals surface area contributed by atoms with Gasteiger partial charge in [-0.15, -0.1) is 0 Å². The molecular formula is C10H14N2O3. The van der Waals surface area contributed by atoms with Gasteiger partial charge in [-0.1, -0.05) is 6.07 Å². The van der Waals surface area contributed by atoms with Gasteiger partial charge in [-0.3, -0.25) is 4.79 Å². The Balaban J connectivity index is 2.68. The molecule has 0 aliphatic heterocycles. The maximum atomic E-state index is 11.5. The summed E-state index contributed by atoms with van der Waals surface area (Å²) in [5.74, 6) is -0.365. The number of nitrogens with two attached hydrogens (primary N) is 1. The van der Waals surface area contributed by atoms with Crippen LogP contribution in [0.5, 0.6) is 0 Å². The number of carbonyl (C=O) groups excluding carboxylic acids is 1. The molecule has 5 N–H and O–H groups in total. The first-order valence-electron chi connectivity index (χ1n) is 4.55. The zero-order valence-corrected chi connectivity index (χ0v) is 8.18. The van der Waals surface area contributed by atoms with Crippen molar-refractivity contribution in [3.63, 3.8) is 0 Å². The number of hydrogen-bond donors (Lipinski definition) is 4. The van der Waals surface area contributed by atoms with Gasteiger partial charge in [0.1, 0.15) is 0 Å². The molecular weight excluding hydrogens is 196 g/mol. The van der Waals surface area contributed by atoms with E-state index in [1.807, 2.05) is 0 Å². The highest BCUT2D eigenvalue weighted by atomic mass is 16.3. The number of benzene rings is 1. The van der Waals surface area contributed by atoms with Gasteiger partial charge in [-0.05, 0) is 18.2 Å². The quantitative estimate of drug-likeness (QED) is 0.497. The topological polar surface area (TPSA) is 95.6 Å². The number of aliphatic hydroxyl groups excluding tert-OH is 2. The van der Waals surface area contributed by atoms with Gasteiger partial charge in [0.25, 0.3) is 5.91 Å². The van der Waals surface area contributed by atoms with Crippen LogP contribution in [0.4, 0.5) is 5.69 Å². The number of anilines is 1. The Bertz CT molecular complexity index is 337. The smallest absolute Gasteiger partial charge is 0.251 e. The van der Waals surface area contributed by atoms with Crippen molar-refractivity contribution in [3.8, 4) is 0 Å². The van der Waals surface area contributed by atoms with Crippen LogP contribution in [0.15, 0.2) is 24.3 Å². The first kappa shape index (κ1) is 11.5. The van der Waals surface area contributed by atoms with Crippen LogP contribution in [0.2, 0.25) is 0 Å². The summed E-state index contributed by atoms with van der Waals surface area (Å²) in [4.78, 5) is 11.5. The normalized spacial score (nSPS) is 10.3. The molecule has 5 nitrogen and oxygen atoms in total. The molecule has 1 amide bonds. The Kier molecular flexibility index (Phi) is 4.08. The Labute approximate surface area is 87.5 Å². The van der Waals surface area contributed by atoms with E-state index in [0.717, 1.165) is 0 Å². The molecule has 0 radical (unpaired) electrons. The van der Waals surface area contributed by atoms with Gasteiger partial charge in [0.15, 0.2) is 0 Å². The second kappa shape index (κ2) is 5.33. The van der Waals surface area contributed by atoms with Crippen LogP contribution in [0, 0.1) is 0 Å². The maximum Gasteiger partial charge on any atom is 0.251 e. The largest absolute Gasteiger partial charge is 0.399 e. The predicted octanol–water partition coefficient (Wildman–Crippen LogP) is -0.648. The van der Waals surface area contributed by atoms with Crippen LogP contribution in [0.1, 0.15) is 10.4 Å². The molecule has 0 saturated carbocycles. The fourth-order valence-corrected chi connectivity index (χ4v) is 1.10. The van der Waals surface area contributed by atoms with E-state index in [1.165, 1.54) is 6.07 Å². The van der Waals surface area contributed by atoms with Crippen LogP contribution in [-0.4, -0.2) is 35.4 Å². The summed E-state index contributed by atoms with van der Waals surface area (Å²) in [7, 11) is 0. The van der Waals surface area contributed by atoms with E-state index in [-0.39, 0.29) is 19.1 Å². The van der Waals surface area contributed by atoms with Crippen LogP contribution in [0.3, 0.4) is 0 Å². The molecule has 1 rings (SSSR count). The first-order chi connectivity index (χ1) is 7.17. The van der Waals surface area contributed by atoms with Gasteiger partial charge in [0, 0.05) is 11.3 Å². The summed E-state index contributed by atoms with van der Waals surface area (Å²) in [5.41, 5.74) is 6.41. The predicted molar refractivity (Wildman–Crippen MR) is 56.3 cm³/mol. The van der Waals surface area contributed by atoms with Crippen molar-refractivity contribution in [3.05, 3.63) is 29.8 Å². The molecule has 1 aromatic rings. The van der Waals surface area contributed by atoms with Crippen molar-refractivity contribution in [2.45, 2.75) is 6.04 Å². The van der Waals surface area contributed by atoms with Crippen molar-refractivity contribution in [2.24, 2.45) is 0 Å². The fraction of sp³-hybridized carbons (Fsp3) is 0.300. The Morgan fingerprint density at radius 2 is 2.07 bits per heavy atom. The lowest BCUT2D eigenvalue weighted by molar-refractivity contribution is 0.0879. The number of nitrogen functional groups attached to an aromatic ring is 1. The van der Waals surface area contributed by atoms with Gasteiger partial charge in [-0.2, -0.15) is 0 Å². The molecule has 82 valence electrons. The summed E-state index contributed by atoms with van der Waals surface area (Å²) in [6.07, 6.45) is 0. The lowest BCUT2D eigenvalue weighted by Gasteiger charge is -2.13. The van der Waals surface area contributed by atoms with Gasteiger partial charge >= 0.3 is 0 Å². The molecule has 1 aromatic carbocycles. The highest BCUT2D eigenvalue weighted by molar-refractivity contribution is 5.95. The van der Waals surface area contributed by atoms with E-state index in [4.69, 9.17) is 15.9 Å². The van der Waals surface area contributed by atoms with Crippen molar-refractivity contribution in [1.29, 1.82) is 0 Å². The maximum absolute atomic E-state index is 11.5. The molecule has 0 bridgehead atoms. The van der Waals surface area contributed by atoms with Crippen LogP contribution in [0.25, 0.3) is 0 Å². The molecule has 0 heterocycles. The van der Waals surface area contributed by atoms with Crippen LogP contribution >= 0.6 is 0 Å². The van der Waals surface area contributed by atoms with Gasteiger partial charge in [0.05, 0.1) is 19.3 Å². The second-order valence-corrected chi connectivity index (χ2v) is 3.16. The van der Waals surface area contributed by atoms with Crippen molar-refractivity contribution < 1.29 is 15.0 Å². The molecule has 5 heteroatoms. The summed E-state index contributed by atoms with van der Waals surface area (Å²) >= 11 is 0. The molecule has 0 aromatic heterocycles. The Morgan fingerprint density at radius 1 is 1.40 bits per heavy atom. The van der Waals surface area contributed by atoms with E-state index in [0.29, 0.717) is 11.3 Å². The highest BCUT2D eigenvalue weighted by Crippen LogP contribution is 2.06. The lowest BCUT2D eigenvalue weighted by Crippen LogP contribution is -2.40. The zero-order valence-electron chi connectivity index (χ0n) is 8.18. The third kappa shape index (κ3) is 3.23. The molecule has 0 fully saturated rings. The van der Waals surface area contributed by atoms with Crippen molar-refractivity contribution in [2.75, 3.05) is 18.9 Å². The minimum atomic E-state index is -0.640. The average molecular weight is 210 g/mol. The standard InChI is InChI=1S/C10H14N2O3/c11-8-3-1-2-7(4-8)10(15)12-9(5-13)6-14/h1-4,9,13-14H,5-6,11H2,(H,12,15). The van der Waals surface area contributed by atoms with E-state index in [1.54, 1.807) is 18.2 Å². The number of nitrogens with one attached hydrogen (secondary N) is 1. The van der Waals surface area contributed by atoms with E-state index in [2.05, 4.69) is 5.32 Å². The minimum absolute atomic E-state index is 0.301. The number of carbonyl (C=O) groups is 1. The van der Waals surface area contributed by atoms with E-state index >= 15 is 0 Å². The number of amides is 1. The van der Waals surface area contributed by atoms with Crippen LogP contribution < -0.4 is 11.1 Å².